The summed E-state index contributed by atoms with van der Waals surface area (Å²) in [6, 6.07) is 4.03. The SMILES string of the molecule is CCCC1CCCN(c2ccc([C@H](C)O)cn2)CC1. The zero-order valence-corrected chi connectivity index (χ0v) is 12.2. The normalized spacial score (nSPS) is 22.1. The van der Waals surface area contributed by atoms with E-state index in [4.69, 9.17) is 0 Å². The van der Waals surface area contributed by atoms with Gasteiger partial charge >= 0.3 is 0 Å². The van der Waals surface area contributed by atoms with Crippen molar-refractivity contribution in [2.24, 2.45) is 5.92 Å². The number of anilines is 1. The number of hydrogen-bond acceptors (Lipinski definition) is 3. The summed E-state index contributed by atoms with van der Waals surface area (Å²) in [7, 11) is 0. The van der Waals surface area contributed by atoms with Crippen LogP contribution in [0.15, 0.2) is 18.3 Å². The van der Waals surface area contributed by atoms with Gasteiger partial charge in [-0.1, -0.05) is 25.8 Å². The van der Waals surface area contributed by atoms with E-state index < -0.39 is 6.10 Å². The molecule has 1 aromatic rings. The molecule has 1 unspecified atom stereocenters. The summed E-state index contributed by atoms with van der Waals surface area (Å²) >= 11 is 0. The molecule has 0 amide bonds. The third-order valence-corrected chi connectivity index (χ3v) is 4.12. The van der Waals surface area contributed by atoms with E-state index in [1.54, 1.807) is 13.1 Å². The minimum Gasteiger partial charge on any atom is -0.389 e. The van der Waals surface area contributed by atoms with Gasteiger partial charge in [0, 0.05) is 19.3 Å². The second-order valence-corrected chi connectivity index (χ2v) is 5.70. The number of rotatable bonds is 4. The van der Waals surface area contributed by atoms with Gasteiger partial charge in [-0.3, -0.25) is 0 Å². The minimum absolute atomic E-state index is 0.431. The summed E-state index contributed by atoms with van der Waals surface area (Å²) in [6.07, 6.45) is 7.94. The van der Waals surface area contributed by atoms with Gasteiger partial charge in [0.2, 0.25) is 0 Å². The molecule has 1 N–H and O–H groups in total. The van der Waals surface area contributed by atoms with Crippen LogP contribution >= 0.6 is 0 Å². The first-order chi connectivity index (χ1) is 9.20. The lowest BCUT2D eigenvalue weighted by molar-refractivity contribution is 0.199. The Morgan fingerprint density at radius 1 is 1.37 bits per heavy atom. The first-order valence-electron chi connectivity index (χ1n) is 7.59. The fraction of sp³-hybridized carbons (Fsp3) is 0.688. The number of aliphatic hydroxyl groups is 1. The standard InChI is InChI=1S/C16H26N2O/c1-3-5-14-6-4-10-18(11-9-14)16-8-7-15(12-17-16)13(2)19/h7-8,12-14,19H,3-6,9-11H2,1-2H3/t13-,14?/m0/s1. The van der Waals surface area contributed by atoms with Crippen LogP contribution in [-0.4, -0.2) is 23.2 Å². The molecule has 1 fully saturated rings. The van der Waals surface area contributed by atoms with Crippen molar-refractivity contribution in [2.45, 2.75) is 52.1 Å². The van der Waals surface area contributed by atoms with Crippen molar-refractivity contribution >= 4 is 5.82 Å². The van der Waals surface area contributed by atoms with E-state index in [-0.39, 0.29) is 0 Å². The number of pyridine rings is 1. The second kappa shape index (κ2) is 6.90. The first kappa shape index (κ1) is 14.3. The average molecular weight is 262 g/mol. The molecule has 2 atom stereocenters. The van der Waals surface area contributed by atoms with Crippen LogP contribution in [0.25, 0.3) is 0 Å². The zero-order chi connectivity index (χ0) is 13.7. The van der Waals surface area contributed by atoms with Crippen LogP contribution in [0.5, 0.6) is 0 Å². The maximum atomic E-state index is 9.51. The lowest BCUT2D eigenvalue weighted by Crippen LogP contribution is -2.25. The van der Waals surface area contributed by atoms with Crippen molar-refractivity contribution in [2.75, 3.05) is 18.0 Å². The fourth-order valence-electron chi connectivity index (χ4n) is 2.92. The van der Waals surface area contributed by atoms with Crippen LogP contribution in [0.2, 0.25) is 0 Å². The Morgan fingerprint density at radius 3 is 2.84 bits per heavy atom. The summed E-state index contributed by atoms with van der Waals surface area (Å²) in [5.41, 5.74) is 0.891. The molecule has 0 aliphatic carbocycles. The summed E-state index contributed by atoms with van der Waals surface area (Å²) < 4.78 is 0. The highest BCUT2D eigenvalue weighted by atomic mass is 16.3. The third kappa shape index (κ3) is 3.93. The van der Waals surface area contributed by atoms with Crippen LogP contribution in [0.3, 0.4) is 0 Å². The maximum absolute atomic E-state index is 9.51. The molecule has 0 radical (unpaired) electrons. The Hall–Kier alpha value is -1.09. The van der Waals surface area contributed by atoms with Crippen LogP contribution < -0.4 is 4.90 Å². The average Bonchev–Trinajstić information content (AvgIpc) is 2.65. The van der Waals surface area contributed by atoms with Crippen LogP contribution in [0.4, 0.5) is 5.82 Å². The second-order valence-electron chi connectivity index (χ2n) is 5.70. The van der Waals surface area contributed by atoms with Crippen molar-refractivity contribution in [3.8, 4) is 0 Å². The predicted molar refractivity (Wildman–Crippen MR) is 79.3 cm³/mol. The molecule has 0 spiro atoms. The number of hydrogen-bond donors (Lipinski definition) is 1. The zero-order valence-electron chi connectivity index (χ0n) is 12.2. The molecule has 1 aliphatic rings. The quantitative estimate of drug-likeness (QED) is 0.901. The molecular weight excluding hydrogens is 236 g/mol. The van der Waals surface area contributed by atoms with E-state index in [1.165, 1.54) is 32.1 Å². The summed E-state index contributed by atoms with van der Waals surface area (Å²) in [4.78, 5) is 6.89. The molecule has 19 heavy (non-hydrogen) atoms. The largest absolute Gasteiger partial charge is 0.389 e. The molecule has 0 bridgehead atoms. The molecule has 1 aromatic heterocycles. The van der Waals surface area contributed by atoms with E-state index in [0.29, 0.717) is 0 Å². The number of aromatic nitrogens is 1. The third-order valence-electron chi connectivity index (χ3n) is 4.12. The topological polar surface area (TPSA) is 36.4 Å². The summed E-state index contributed by atoms with van der Waals surface area (Å²) in [6.45, 7) is 6.28. The molecule has 1 saturated heterocycles. The van der Waals surface area contributed by atoms with Crippen molar-refractivity contribution in [3.05, 3.63) is 23.9 Å². The van der Waals surface area contributed by atoms with Crippen LogP contribution in [0.1, 0.15) is 57.6 Å². The van der Waals surface area contributed by atoms with Crippen molar-refractivity contribution in [1.82, 2.24) is 4.98 Å². The molecule has 1 aliphatic heterocycles. The van der Waals surface area contributed by atoms with Crippen molar-refractivity contribution in [3.63, 3.8) is 0 Å². The lowest BCUT2D eigenvalue weighted by Gasteiger charge is -2.22. The number of nitrogens with zero attached hydrogens (tertiary/aromatic N) is 2. The van der Waals surface area contributed by atoms with E-state index in [2.05, 4.69) is 16.8 Å². The van der Waals surface area contributed by atoms with E-state index in [0.717, 1.165) is 30.4 Å². The smallest absolute Gasteiger partial charge is 0.128 e. The van der Waals surface area contributed by atoms with Gasteiger partial charge in [0.15, 0.2) is 0 Å². The Bertz CT molecular complexity index is 375. The molecule has 3 heteroatoms. The molecule has 2 rings (SSSR count). The highest BCUT2D eigenvalue weighted by molar-refractivity contribution is 5.39. The van der Waals surface area contributed by atoms with Crippen molar-refractivity contribution < 1.29 is 5.11 Å². The Labute approximate surface area is 116 Å². The fourth-order valence-corrected chi connectivity index (χ4v) is 2.92. The highest BCUT2D eigenvalue weighted by Gasteiger charge is 2.17. The first-order valence-corrected chi connectivity index (χ1v) is 7.59. The molecule has 3 nitrogen and oxygen atoms in total. The van der Waals surface area contributed by atoms with Gasteiger partial charge in [0.1, 0.15) is 5.82 Å². The van der Waals surface area contributed by atoms with Crippen LogP contribution in [-0.2, 0) is 0 Å². The van der Waals surface area contributed by atoms with Gasteiger partial charge in [-0.05, 0) is 43.7 Å². The Morgan fingerprint density at radius 2 is 2.21 bits per heavy atom. The van der Waals surface area contributed by atoms with Crippen molar-refractivity contribution in [1.29, 1.82) is 0 Å². The Kier molecular flexibility index (Phi) is 5.20. The van der Waals surface area contributed by atoms with Crippen LogP contribution in [0, 0.1) is 5.92 Å². The molecule has 0 aromatic carbocycles. The van der Waals surface area contributed by atoms with Gasteiger partial charge in [-0.25, -0.2) is 4.98 Å². The lowest BCUT2D eigenvalue weighted by atomic mass is 9.96. The minimum atomic E-state index is -0.431. The molecular formula is C16H26N2O. The monoisotopic (exact) mass is 262 g/mol. The van der Waals surface area contributed by atoms with Gasteiger partial charge in [0.25, 0.3) is 0 Å². The highest BCUT2D eigenvalue weighted by Crippen LogP contribution is 2.25. The number of aliphatic hydroxyl groups excluding tert-OH is 1. The summed E-state index contributed by atoms with van der Waals surface area (Å²) in [5.74, 6) is 1.95. The van der Waals surface area contributed by atoms with Gasteiger partial charge in [-0.2, -0.15) is 0 Å². The molecule has 2 heterocycles. The molecule has 106 valence electrons. The van der Waals surface area contributed by atoms with Gasteiger partial charge in [-0.15, -0.1) is 0 Å². The predicted octanol–water partition coefficient (Wildman–Crippen LogP) is 3.54. The van der Waals surface area contributed by atoms with E-state index >= 15 is 0 Å². The maximum Gasteiger partial charge on any atom is 0.128 e. The Balaban J connectivity index is 1.97. The van der Waals surface area contributed by atoms with E-state index in [9.17, 15) is 5.11 Å². The summed E-state index contributed by atoms with van der Waals surface area (Å²) in [5, 5.41) is 9.51. The van der Waals surface area contributed by atoms with Gasteiger partial charge < -0.3 is 10.0 Å². The van der Waals surface area contributed by atoms with Gasteiger partial charge in [0.05, 0.1) is 6.10 Å². The van der Waals surface area contributed by atoms with E-state index in [1.807, 2.05) is 12.1 Å². The molecule has 0 saturated carbocycles.